The molecule has 0 fully saturated rings. The van der Waals surface area contributed by atoms with E-state index in [1.807, 2.05) is 17.5 Å². The first kappa shape index (κ1) is 13.7. The molecule has 3 aromatic rings. The van der Waals surface area contributed by atoms with E-state index in [-0.39, 0.29) is 5.82 Å². The number of rotatable bonds is 2. The Balaban J connectivity index is 1.97. The molecule has 2 aromatic carbocycles. The first-order valence-electron chi connectivity index (χ1n) is 6.09. The van der Waals surface area contributed by atoms with Gasteiger partial charge in [-0.25, -0.2) is 9.37 Å². The van der Waals surface area contributed by atoms with Crippen LogP contribution in [0.4, 0.5) is 4.39 Å². The Hall–Kier alpha value is -2.22. The van der Waals surface area contributed by atoms with E-state index in [0.29, 0.717) is 16.1 Å². The fourth-order valence-electron chi connectivity index (χ4n) is 1.91. The van der Waals surface area contributed by atoms with Gasteiger partial charge >= 0.3 is 0 Å². The van der Waals surface area contributed by atoms with Gasteiger partial charge in [0.1, 0.15) is 10.8 Å². The van der Waals surface area contributed by atoms with Crippen molar-refractivity contribution < 1.29 is 4.39 Å². The molecule has 5 heteroatoms. The van der Waals surface area contributed by atoms with Crippen molar-refractivity contribution in [3.8, 4) is 27.9 Å². The third-order valence-electron chi connectivity index (χ3n) is 2.98. The summed E-state index contributed by atoms with van der Waals surface area (Å²) < 4.78 is 13.1. The molecular formula is C16H8ClFN2S. The van der Waals surface area contributed by atoms with Crippen LogP contribution >= 0.6 is 22.9 Å². The maximum atomic E-state index is 13.1. The minimum Gasteiger partial charge on any atom is -0.236 e. The molecule has 0 saturated carbocycles. The van der Waals surface area contributed by atoms with Crippen LogP contribution in [0.1, 0.15) is 5.56 Å². The van der Waals surface area contributed by atoms with E-state index in [2.05, 4.69) is 11.1 Å². The SMILES string of the molecule is N#Cc1ccc(-c2csc(-c3ccc(F)cc3Cl)n2)cc1. The van der Waals surface area contributed by atoms with E-state index >= 15 is 0 Å². The van der Waals surface area contributed by atoms with Crippen molar-refractivity contribution in [2.45, 2.75) is 0 Å². The van der Waals surface area contributed by atoms with E-state index < -0.39 is 0 Å². The second kappa shape index (κ2) is 5.65. The molecule has 21 heavy (non-hydrogen) atoms. The van der Waals surface area contributed by atoms with Crippen molar-refractivity contribution in [2.75, 3.05) is 0 Å². The third-order valence-corrected chi connectivity index (χ3v) is 4.16. The van der Waals surface area contributed by atoms with E-state index in [9.17, 15) is 4.39 Å². The fraction of sp³-hybridized carbons (Fsp3) is 0. The zero-order valence-electron chi connectivity index (χ0n) is 10.7. The molecule has 1 heterocycles. The molecule has 0 saturated heterocycles. The average molecular weight is 315 g/mol. The quantitative estimate of drug-likeness (QED) is 0.656. The highest BCUT2D eigenvalue weighted by Gasteiger charge is 2.10. The Kier molecular flexibility index (Phi) is 3.70. The Bertz CT molecular complexity index is 834. The lowest BCUT2D eigenvalue weighted by Gasteiger charge is -2.00. The molecule has 0 bridgehead atoms. The molecule has 0 N–H and O–H groups in total. The van der Waals surface area contributed by atoms with E-state index in [4.69, 9.17) is 16.9 Å². The number of benzene rings is 2. The van der Waals surface area contributed by atoms with Gasteiger partial charge in [-0.2, -0.15) is 5.26 Å². The van der Waals surface area contributed by atoms with Crippen molar-refractivity contribution >= 4 is 22.9 Å². The number of halogens is 2. The molecule has 1 aromatic heterocycles. The summed E-state index contributed by atoms with van der Waals surface area (Å²) in [5, 5.41) is 11.8. The average Bonchev–Trinajstić information content (AvgIpc) is 2.97. The zero-order valence-corrected chi connectivity index (χ0v) is 12.2. The second-order valence-electron chi connectivity index (χ2n) is 4.35. The lowest BCUT2D eigenvalue weighted by atomic mass is 10.1. The van der Waals surface area contributed by atoms with Crippen molar-refractivity contribution in [3.63, 3.8) is 0 Å². The molecule has 102 valence electrons. The highest BCUT2D eigenvalue weighted by Crippen LogP contribution is 2.33. The first-order chi connectivity index (χ1) is 10.2. The van der Waals surface area contributed by atoms with Gasteiger partial charge in [0.15, 0.2) is 0 Å². The Morgan fingerprint density at radius 1 is 1.14 bits per heavy atom. The summed E-state index contributed by atoms with van der Waals surface area (Å²) in [4.78, 5) is 4.53. The van der Waals surface area contributed by atoms with Crippen LogP contribution in [0.15, 0.2) is 47.8 Å². The minimum atomic E-state index is -0.368. The van der Waals surface area contributed by atoms with Crippen molar-refractivity contribution in [2.24, 2.45) is 0 Å². The molecule has 2 nitrogen and oxygen atoms in total. The summed E-state index contributed by atoms with van der Waals surface area (Å²) >= 11 is 7.49. The van der Waals surface area contributed by atoms with Crippen LogP contribution < -0.4 is 0 Å². The number of nitriles is 1. The monoisotopic (exact) mass is 314 g/mol. The fourth-order valence-corrected chi connectivity index (χ4v) is 3.09. The van der Waals surface area contributed by atoms with Gasteiger partial charge in [-0.05, 0) is 30.3 Å². The van der Waals surface area contributed by atoms with Crippen molar-refractivity contribution in [1.82, 2.24) is 4.98 Å². The van der Waals surface area contributed by atoms with Gasteiger partial charge in [-0.1, -0.05) is 23.7 Å². The first-order valence-corrected chi connectivity index (χ1v) is 7.34. The molecule has 0 aliphatic heterocycles. The largest absolute Gasteiger partial charge is 0.236 e. The van der Waals surface area contributed by atoms with Crippen LogP contribution in [0, 0.1) is 17.1 Å². The molecule has 0 radical (unpaired) electrons. The summed E-state index contributed by atoms with van der Waals surface area (Å²) in [6, 6.07) is 13.5. The predicted molar refractivity (Wildman–Crippen MR) is 82.7 cm³/mol. The second-order valence-corrected chi connectivity index (χ2v) is 5.62. The van der Waals surface area contributed by atoms with Crippen LogP contribution in [0.2, 0.25) is 5.02 Å². The lowest BCUT2D eigenvalue weighted by Crippen LogP contribution is -1.83. The molecule has 0 aliphatic carbocycles. The van der Waals surface area contributed by atoms with Gasteiger partial charge in [0.05, 0.1) is 22.3 Å². The normalized spacial score (nSPS) is 10.3. The molecule has 0 atom stereocenters. The molecule has 0 spiro atoms. The summed E-state index contributed by atoms with van der Waals surface area (Å²) in [6.07, 6.45) is 0. The van der Waals surface area contributed by atoms with Gasteiger partial charge in [0.25, 0.3) is 0 Å². The summed E-state index contributed by atoms with van der Waals surface area (Å²) in [7, 11) is 0. The highest BCUT2D eigenvalue weighted by atomic mass is 35.5. The maximum Gasteiger partial charge on any atom is 0.125 e. The minimum absolute atomic E-state index is 0.343. The predicted octanol–water partition coefficient (Wildman–Crippen LogP) is 5.14. The number of aromatic nitrogens is 1. The van der Waals surface area contributed by atoms with Crippen LogP contribution in [0.3, 0.4) is 0 Å². The van der Waals surface area contributed by atoms with Crippen molar-refractivity contribution in [1.29, 1.82) is 5.26 Å². The summed E-state index contributed by atoms with van der Waals surface area (Å²) in [5.41, 5.74) is 3.05. The van der Waals surface area contributed by atoms with Crippen LogP contribution in [-0.4, -0.2) is 4.98 Å². The number of hydrogen-bond acceptors (Lipinski definition) is 3. The molecule has 3 rings (SSSR count). The van der Waals surface area contributed by atoms with Gasteiger partial charge in [0.2, 0.25) is 0 Å². The third kappa shape index (κ3) is 2.80. The van der Waals surface area contributed by atoms with E-state index in [1.165, 1.54) is 23.5 Å². The molecule has 0 aliphatic rings. The topological polar surface area (TPSA) is 36.7 Å². The summed E-state index contributed by atoms with van der Waals surface area (Å²) in [5.74, 6) is -0.368. The lowest BCUT2D eigenvalue weighted by molar-refractivity contribution is 0.628. The van der Waals surface area contributed by atoms with Gasteiger partial charge < -0.3 is 0 Å². The Morgan fingerprint density at radius 2 is 1.90 bits per heavy atom. The smallest absolute Gasteiger partial charge is 0.125 e. The van der Waals surface area contributed by atoms with Gasteiger partial charge in [-0.3, -0.25) is 0 Å². The number of hydrogen-bond donors (Lipinski definition) is 0. The Morgan fingerprint density at radius 3 is 2.57 bits per heavy atom. The standard InChI is InChI=1S/C16H8ClFN2S/c17-14-7-12(18)5-6-13(14)16-20-15(9-21-16)11-3-1-10(8-19)2-4-11/h1-7,9H. The molecule has 0 amide bonds. The van der Waals surface area contributed by atoms with Crippen molar-refractivity contribution in [3.05, 3.63) is 64.2 Å². The highest BCUT2D eigenvalue weighted by molar-refractivity contribution is 7.13. The Labute approximate surface area is 130 Å². The van der Waals surface area contributed by atoms with E-state index in [1.54, 1.807) is 18.2 Å². The van der Waals surface area contributed by atoms with Gasteiger partial charge in [0, 0.05) is 16.5 Å². The van der Waals surface area contributed by atoms with Crippen LogP contribution in [-0.2, 0) is 0 Å². The molecule has 0 unspecified atom stereocenters. The van der Waals surface area contributed by atoms with E-state index in [0.717, 1.165) is 16.3 Å². The number of nitrogens with zero attached hydrogens (tertiary/aromatic N) is 2. The van der Waals surface area contributed by atoms with Gasteiger partial charge in [-0.15, -0.1) is 11.3 Å². The van der Waals surface area contributed by atoms with Crippen LogP contribution in [0.5, 0.6) is 0 Å². The maximum absolute atomic E-state index is 13.1. The summed E-state index contributed by atoms with van der Waals surface area (Å²) in [6.45, 7) is 0. The zero-order chi connectivity index (χ0) is 14.8. The molecular weight excluding hydrogens is 307 g/mol. The van der Waals surface area contributed by atoms with Crippen LogP contribution in [0.25, 0.3) is 21.8 Å². The number of thiazole rings is 1.